The van der Waals surface area contributed by atoms with E-state index in [4.69, 9.17) is 0 Å². The number of hydrogen-bond donors (Lipinski definition) is 1. The number of carbonyl (C=O) groups excluding carboxylic acids is 1. The largest absolute Gasteiger partial charge is 0.351 e. The van der Waals surface area contributed by atoms with Crippen LogP contribution in [0.4, 0.5) is 0 Å². The minimum absolute atomic E-state index is 0.0737. The minimum Gasteiger partial charge on any atom is -0.351 e. The molecule has 0 bridgehead atoms. The zero-order valence-corrected chi connectivity index (χ0v) is 8.90. The van der Waals surface area contributed by atoms with Gasteiger partial charge >= 0.3 is 0 Å². The van der Waals surface area contributed by atoms with Crippen molar-refractivity contribution in [3.63, 3.8) is 0 Å². The quantitative estimate of drug-likeness (QED) is 0.704. The monoisotopic (exact) mass is 197 g/mol. The van der Waals surface area contributed by atoms with E-state index in [1.54, 1.807) is 7.05 Å². The Morgan fingerprint density at radius 3 is 2.57 bits per heavy atom. The van der Waals surface area contributed by atoms with Crippen LogP contribution in [0.5, 0.6) is 0 Å². The highest BCUT2D eigenvalue weighted by atomic mass is 16.1. The Morgan fingerprint density at radius 1 is 1.50 bits per heavy atom. The number of aromatic nitrogens is 4. The number of aryl methyl sites for hydroxylation is 1. The molecule has 14 heavy (non-hydrogen) atoms. The first-order chi connectivity index (χ1) is 6.38. The van der Waals surface area contributed by atoms with Crippen molar-refractivity contribution in [2.45, 2.75) is 32.7 Å². The SMILES string of the molecule is Cn1nnnc1CC(=O)NC(C)(C)C. The molecule has 1 amide bonds. The van der Waals surface area contributed by atoms with Crippen LogP contribution in [0.2, 0.25) is 0 Å². The molecule has 0 aromatic carbocycles. The second-order valence-electron chi connectivity index (χ2n) is 4.19. The van der Waals surface area contributed by atoms with Crippen LogP contribution in [-0.4, -0.2) is 31.7 Å². The van der Waals surface area contributed by atoms with Crippen LogP contribution < -0.4 is 5.32 Å². The van der Waals surface area contributed by atoms with Gasteiger partial charge in [-0.1, -0.05) is 0 Å². The molecule has 0 atom stereocenters. The van der Waals surface area contributed by atoms with E-state index in [1.807, 2.05) is 20.8 Å². The maximum atomic E-state index is 11.5. The van der Waals surface area contributed by atoms with Gasteiger partial charge in [0.05, 0.1) is 6.42 Å². The van der Waals surface area contributed by atoms with Crippen molar-refractivity contribution in [2.24, 2.45) is 7.05 Å². The molecular weight excluding hydrogens is 182 g/mol. The van der Waals surface area contributed by atoms with Crippen molar-refractivity contribution in [3.8, 4) is 0 Å². The standard InChI is InChI=1S/C8H15N5O/c1-8(2,3)9-7(14)5-6-10-11-12-13(6)4/h5H2,1-4H3,(H,9,14). The molecule has 1 aromatic rings. The number of hydrogen-bond acceptors (Lipinski definition) is 4. The first kappa shape index (κ1) is 10.6. The third-order valence-electron chi connectivity index (χ3n) is 1.54. The molecule has 0 saturated heterocycles. The third-order valence-corrected chi connectivity index (χ3v) is 1.54. The Balaban J connectivity index is 2.54. The molecular formula is C8H15N5O. The zero-order valence-electron chi connectivity index (χ0n) is 8.90. The zero-order chi connectivity index (χ0) is 10.8. The number of amides is 1. The van der Waals surface area contributed by atoms with Gasteiger partial charge in [0.25, 0.3) is 0 Å². The van der Waals surface area contributed by atoms with Crippen LogP contribution in [0.3, 0.4) is 0 Å². The van der Waals surface area contributed by atoms with Gasteiger partial charge in [0.2, 0.25) is 5.91 Å². The van der Waals surface area contributed by atoms with Crippen LogP contribution in [0.15, 0.2) is 0 Å². The summed E-state index contributed by atoms with van der Waals surface area (Å²) >= 11 is 0. The van der Waals surface area contributed by atoms with Gasteiger partial charge in [0.15, 0.2) is 5.82 Å². The molecule has 0 spiro atoms. The summed E-state index contributed by atoms with van der Waals surface area (Å²) in [6, 6.07) is 0. The molecule has 78 valence electrons. The molecule has 0 radical (unpaired) electrons. The molecule has 1 heterocycles. The van der Waals surface area contributed by atoms with E-state index in [0.717, 1.165) is 0 Å². The lowest BCUT2D eigenvalue weighted by Crippen LogP contribution is -2.41. The molecule has 0 aliphatic carbocycles. The lowest BCUT2D eigenvalue weighted by atomic mass is 10.1. The van der Waals surface area contributed by atoms with Crippen LogP contribution in [0.25, 0.3) is 0 Å². The average Bonchev–Trinajstić information content (AvgIpc) is 2.32. The minimum atomic E-state index is -0.219. The Hall–Kier alpha value is -1.46. The number of carbonyl (C=O) groups is 1. The van der Waals surface area contributed by atoms with E-state index in [2.05, 4.69) is 20.8 Å². The summed E-state index contributed by atoms with van der Waals surface area (Å²) in [6.07, 6.45) is 0.209. The summed E-state index contributed by atoms with van der Waals surface area (Å²) in [6.45, 7) is 5.79. The van der Waals surface area contributed by atoms with Gasteiger partial charge in [-0.25, -0.2) is 4.68 Å². The normalized spacial score (nSPS) is 11.4. The Bertz CT molecular complexity index is 325. The van der Waals surface area contributed by atoms with E-state index < -0.39 is 0 Å². The average molecular weight is 197 g/mol. The lowest BCUT2D eigenvalue weighted by Gasteiger charge is -2.19. The second kappa shape index (κ2) is 3.73. The fraction of sp³-hybridized carbons (Fsp3) is 0.750. The fourth-order valence-electron chi connectivity index (χ4n) is 1.00. The van der Waals surface area contributed by atoms with Crippen LogP contribution >= 0.6 is 0 Å². The molecule has 0 fully saturated rings. The maximum absolute atomic E-state index is 11.5. The van der Waals surface area contributed by atoms with Crippen molar-refractivity contribution < 1.29 is 4.79 Å². The molecule has 0 saturated carbocycles. The molecule has 1 N–H and O–H groups in total. The van der Waals surface area contributed by atoms with Gasteiger partial charge in [0.1, 0.15) is 0 Å². The summed E-state index contributed by atoms with van der Waals surface area (Å²) in [4.78, 5) is 11.5. The predicted molar refractivity (Wildman–Crippen MR) is 50.4 cm³/mol. The Kier molecular flexibility index (Phi) is 2.83. The van der Waals surface area contributed by atoms with Crippen molar-refractivity contribution in [1.29, 1.82) is 0 Å². The predicted octanol–water partition coefficient (Wildman–Crippen LogP) is -0.333. The molecule has 0 aliphatic rings. The van der Waals surface area contributed by atoms with E-state index >= 15 is 0 Å². The van der Waals surface area contributed by atoms with E-state index in [-0.39, 0.29) is 17.9 Å². The number of tetrazole rings is 1. The van der Waals surface area contributed by atoms with E-state index in [1.165, 1.54) is 4.68 Å². The van der Waals surface area contributed by atoms with E-state index in [0.29, 0.717) is 5.82 Å². The van der Waals surface area contributed by atoms with Crippen molar-refractivity contribution >= 4 is 5.91 Å². The number of rotatable bonds is 2. The molecule has 1 rings (SSSR count). The second-order valence-corrected chi connectivity index (χ2v) is 4.19. The highest BCUT2D eigenvalue weighted by molar-refractivity contribution is 5.78. The van der Waals surface area contributed by atoms with Gasteiger partial charge in [-0.3, -0.25) is 4.79 Å². The molecule has 6 heteroatoms. The number of nitrogens with one attached hydrogen (secondary N) is 1. The lowest BCUT2D eigenvalue weighted by molar-refractivity contribution is -0.122. The summed E-state index contributed by atoms with van der Waals surface area (Å²) in [5.41, 5.74) is -0.219. The van der Waals surface area contributed by atoms with Gasteiger partial charge < -0.3 is 5.32 Å². The molecule has 0 unspecified atom stereocenters. The first-order valence-electron chi connectivity index (χ1n) is 4.41. The first-order valence-corrected chi connectivity index (χ1v) is 4.41. The van der Waals surface area contributed by atoms with Crippen LogP contribution in [-0.2, 0) is 18.3 Å². The summed E-state index contributed by atoms with van der Waals surface area (Å²) < 4.78 is 1.49. The summed E-state index contributed by atoms with van der Waals surface area (Å²) in [5, 5.41) is 13.7. The van der Waals surface area contributed by atoms with Gasteiger partial charge in [0, 0.05) is 12.6 Å². The van der Waals surface area contributed by atoms with Crippen molar-refractivity contribution in [2.75, 3.05) is 0 Å². The van der Waals surface area contributed by atoms with Gasteiger partial charge in [-0.15, -0.1) is 5.10 Å². The summed E-state index contributed by atoms with van der Waals surface area (Å²) in [7, 11) is 1.71. The molecule has 0 aliphatic heterocycles. The van der Waals surface area contributed by atoms with Gasteiger partial charge in [-0.2, -0.15) is 0 Å². The summed E-state index contributed by atoms with van der Waals surface area (Å²) in [5.74, 6) is 0.488. The van der Waals surface area contributed by atoms with Crippen molar-refractivity contribution in [3.05, 3.63) is 5.82 Å². The third kappa shape index (κ3) is 3.12. The van der Waals surface area contributed by atoms with Gasteiger partial charge in [-0.05, 0) is 31.2 Å². The Morgan fingerprint density at radius 2 is 2.14 bits per heavy atom. The highest BCUT2D eigenvalue weighted by Gasteiger charge is 2.15. The smallest absolute Gasteiger partial charge is 0.228 e. The van der Waals surface area contributed by atoms with Crippen molar-refractivity contribution in [1.82, 2.24) is 25.5 Å². The maximum Gasteiger partial charge on any atom is 0.228 e. The molecule has 1 aromatic heterocycles. The topological polar surface area (TPSA) is 72.7 Å². The fourth-order valence-corrected chi connectivity index (χ4v) is 1.00. The van der Waals surface area contributed by atoms with Crippen LogP contribution in [0, 0.1) is 0 Å². The highest BCUT2D eigenvalue weighted by Crippen LogP contribution is 1.99. The Labute approximate surface area is 82.7 Å². The van der Waals surface area contributed by atoms with Crippen LogP contribution in [0.1, 0.15) is 26.6 Å². The number of nitrogens with zero attached hydrogens (tertiary/aromatic N) is 4. The van der Waals surface area contributed by atoms with E-state index in [9.17, 15) is 4.79 Å². The molecule has 6 nitrogen and oxygen atoms in total.